The standard InChI is InChI=1S/C24H16F2S3/c25-17-1-5-19(6-2-17)27-21-9-13-23(14-10-21)29-24-15-11-22(12-16-24)28-20-7-3-18(26)4-8-20/h1-16H. The van der Waals surface area contributed by atoms with Crippen molar-refractivity contribution in [1.29, 1.82) is 0 Å². The molecule has 0 amide bonds. The van der Waals surface area contributed by atoms with E-state index in [9.17, 15) is 8.78 Å². The largest absolute Gasteiger partial charge is 0.207 e. The molecule has 0 saturated heterocycles. The van der Waals surface area contributed by atoms with Crippen molar-refractivity contribution in [3.8, 4) is 0 Å². The van der Waals surface area contributed by atoms with E-state index in [2.05, 4.69) is 48.5 Å². The quantitative estimate of drug-likeness (QED) is 0.296. The van der Waals surface area contributed by atoms with Gasteiger partial charge in [0.1, 0.15) is 11.6 Å². The molecule has 0 saturated carbocycles. The van der Waals surface area contributed by atoms with Crippen LogP contribution in [0.5, 0.6) is 0 Å². The summed E-state index contributed by atoms with van der Waals surface area (Å²) in [6.45, 7) is 0. The molecule has 4 aromatic rings. The highest BCUT2D eigenvalue weighted by molar-refractivity contribution is 8.00. The van der Waals surface area contributed by atoms with Crippen molar-refractivity contribution in [3.63, 3.8) is 0 Å². The van der Waals surface area contributed by atoms with Crippen LogP contribution in [0.1, 0.15) is 0 Å². The zero-order chi connectivity index (χ0) is 20.1. The molecule has 144 valence electrons. The Balaban J connectivity index is 1.36. The topological polar surface area (TPSA) is 0 Å². The Labute approximate surface area is 181 Å². The van der Waals surface area contributed by atoms with E-state index in [0.29, 0.717) is 0 Å². The normalized spacial score (nSPS) is 10.8. The summed E-state index contributed by atoms with van der Waals surface area (Å²) in [5.41, 5.74) is 0. The van der Waals surface area contributed by atoms with Gasteiger partial charge in [0.25, 0.3) is 0 Å². The maximum absolute atomic E-state index is 13.0. The van der Waals surface area contributed by atoms with Crippen molar-refractivity contribution < 1.29 is 8.78 Å². The molecule has 0 aliphatic rings. The average Bonchev–Trinajstić information content (AvgIpc) is 2.74. The lowest BCUT2D eigenvalue weighted by Gasteiger charge is -2.06. The van der Waals surface area contributed by atoms with E-state index >= 15 is 0 Å². The second-order valence-electron chi connectivity index (χ2n) is 6.16. The Hall–Kier alpha value is -2.21. The third kappa shape index (κ3) is 5.89. The van der Waals surface area contributed by atoms with Gasteiger partial charge in [-0.05, 0) is 97.1 Å². The molecule has 0 aromatic heterocycles. The van der Waals surface area contributed by atoms with E-state index in [1.807, 2.05) is 0 Å². The lowest BCUT2D eigenvalue weighted by molar-refractivity contribution is 0.626. The summed E-state index contributed by atoms with van der Waals surface area (Å²) in [6, 6.07) is 29.7. The van der Waals surface area contributed by atoms with Crippen LogP contribution >= 0.6 is 35.3 Å². The third-order valence-electron chi connectivity index (χ3n) is 3.98. The van der Waals surface area contributed by atoms with Crippen molar-refractivity contribution in [2.24, 2.45) is 0 Å². The van der Waals surface area contributed by atoms with E-state index in [1.54, 1.807) is 59.6 Å². The van der Waals surface area contributed by atoms with Gasteiger partial charge in [-0.25, -0.2) is 8.78 Å². The lowest BCUT2D eigenvalue weighted by Crippen LogP contribution is -1.78. The molecular weight excluding hydrogens is 422 g/mol. The van der Waals surface area contributed by atoms with Crippen LogP contribution in [-0.2, 0) is 0 Å². The summed E-state index contributed by atoms with van der Waals surface area (Å²) in [4.78, 5) is 6.58. The predicted octanol–water partition coefficient (Wildman–Crippen LogP) is 8.42. The summed E-state index contributed by atoms with van der Waals surface area (Å²) in [5.74, 6) is -0.439. The fourth-order valence-electron chi connectivity index (χ4n) is 2.56. The maximum atomic E-state index is 13.0. The van der Waals surface area contributed by atoms with E-state index in [-0.39, 0.29) is 11.6 Å². The van der Waals surface area contributed by atoms with Crippen molar-refractivity contribution in [2.75, 3.05) is 0 Å². The molecule has 0 radical (unpaired) electrons. The highest BCUT2D eigenvalue weighted by Gasteiger charge is 2.03. The van der Waals surface area contributed by atoms with Crippen LogP contribution in [0.4, 0.5) is 8.78 Å². The Morgan fingerprint density at radius 2 is 0.483 bits per heavy atom. The molecule has 0 aliphatic heterocycles. The predicted molar refractivity (Wildman–Crippen MR) is 118 cm³/mol. The molecule has 29 heavy (non-hydrogen) atoms. The van der Waals surface area contributed by atoms with Gasteiger partial charge in [-0.2, -0.15) is 0 Å². The first-order chi connectivity index (χ1) is 14.1. The van der Waals surface area contributed by atoms with Gasteiger partial charge in [0.15, 0.2) is 0 Å². The minimum Gasteiger partial charge on any atom is -0.207 e. The van der Waals surface area contributed by atoms with Gasteiger partial charge < -0.3 is 0 Å². The highest BCUT2D eigenvalue weighted by atomic mass is 32.2. The Kier molecular flexibility index (Phi) is 6.60. The minimum atomic E-state index is -0.219. The van der Waals surface area contributed by atoms with E-state index in [4.69, 9.17) is 0 Å². The van der Waals surface area contributed by atoms with Crippen LogP contribution in [0.25, 0.3) is 0 Å². The first-order valence-corrected chi connectivity index (χ1v) is 11.3. The maximum Gasteiger partial charge on any atom is 0.123 e. The van der Waals surface area contributed by atoms with Crippen LogP contribution in [-0.4, -0.2) is 0 Å². The molecule has 4 aromatic carbocycles. The van der Waals surface area contributed by atoms with Crippen molar-refractivity contribution >= 4 is 35.3 Å². The van der Waals surface area contributed by atoms with E-state index in [0.717, 1.165) is 29.4 Å². The van der Waals surface area contributed by atoms with Crippen LogP contribution in [0.15, 0.2) is 126 Å². The van der Waals surface area contributed by atoms with Gasteiger partial charge in [0.2, 0.25) is 0 Å². The van der Waals surface area contributed by atoms with Gasteiger partial charge in [0.05, 0.1) is 0 Å². The van der Waals surface area contributed by atoms with Gasteiger partial charge in [-0.3, -0.25) is 0 Å². The van der Waals surface area contributed by atoms with E-state index < -0.39 is 0 Å². The molecule has 0 bridgehead atoms. The molecule has 0 spiro atoms. The fourth-order valence-corrected chi connectivity index (χ4v) is 5.01. The van der Waals surface area contributed by atoms with Gasteiger partial charge in [0, 0.05) is 29.4 Å². The third-order valence-corrected chi connectivity index (χ3v) is 7.03. The minimum absolute atomic E-state index is 0.219. The lowest BCUT2D eigenvalue weighted by atomic mass is 10.3. The SMILES string of the molecule is Fc1ccc(Sc2ccc(Sc3ccc(Sc4ccc(F)cc4)cc3)cc2)cc1. The first-order valence-electron chi connectivity index (χ1n) is 8.89. The number of hydrogen-bond donors (Lipinski definition) is 0. The fraction of sp³-hybridized carbons (Fsp3) is 0. The number of hydrogen-bond acceptors (Lipinski definition) is 3. The number of benzene rings is 4. The molecule has 0 heterocycles. The highest BCUT2D eigenvalue weighted by Crippen LogP contribution is 2.34. The second kappa shape index (κ2) is 9.53. The number of rotatable bonds is 6. The van der Waals surface area contributed by atoms with Gasteiger partial charge in [-0.15, -0.1) is 0 Å². The second-order valence-corrected chi connectivity index (χ2v) is 9.60. The summed E-state index contributed by atoms with van der Waals surface area (Å²) in [6.07, 6.45) is 0. The molecular formula is C24H16F2S3. The smallest absolute Gasteiger partial charge is 0.123 e. The number of halogens is 2. The molecule has 0 aliphatic carbocycles. The Bertz CT molecular complexity index is 970. The molecule has 0 atom stereocenters. The Morgan fingerprint density at radius 3 is 0.690 bits per heavy atom. The summed E-state index contributed by atoms with van der Waals surface area (Å²) < 4.78 is 26.0. The molecule has 0 unspecified atom stereocenters. The van der Waals surface area contributed by atoms with Gasteiger partial charge >= 0.3 is 0 Å². The van der Waals surface area contributed by atoms with Crippen LogP contribution in [0.2, 0.25) is 0 Å². The summed E-state index contributed by atoms with van der Waals surface area (Å²) >= 11 is 4.93. The van der Waals surface area contributed by atoms with Crippen molar-refractivity contribution in [2.45, 2.75) is 29.4 Å². The van der Waals surface area contributed by atoms with Crippen LogP contribution in [0, 0.1) is 11.6 Å². The van der Waals surface area contributed by atoms with E-state index in [1.165, 1.54) is 24.3 Å². The first kappa shape index (κ1) is 20.1. The summed E-state index contributed by atoms with van der Waals surface area (Å²) in [7, 11) is 0. The Morgan fingerprint density at radius 1 is 0.310 bits per heavy atom. The molecule has 0 N–H and O–H groups in total. The summed E-state index contributed by atoms with van der Waals surface area (Å²) in [5, 5.41) is 0. The monoisotopic (exact) mass is 438 g/mol. The van der Waals surface area contributed by atoms with Crippen LogP contribution < -0.4 is 0 Å². The van der Waals surface area contributed by atoms with Crippen molar-refractivity contribution in [1.82, 2.24) is 0 Å². The van der Waals surface area contributed by atoms with Gasteiger partial charge in [-0.1, -0.05) is 35.3 Å². The molecule has 5 heteroatoms. The van der Waals surface area contributed by atoms with Crippen molar-refractivity contribution in [3.05, 3.63) is 109 Å². The molecule has 0 fully saturated rings. The molecule has 4 rings (SSSR count). The zero-order valence-corrected chi connectivity index (χ0v) is 17.7. The molecule has 0 nitrogen and oxygen atoms in total. The van der Waals surface area contributed by atoms with Crippen LogP contribution in [0.3, 0.4) is 0 Å². The zero-order valence-electron chi connectivity index (χ0n) is 15.2. The average molecular weight is 439 g/mol.